The maximum atomic E-state index is 2.18. The maximum absolute atomic E-state index is 2.18. The first-order valence-corrected chi connectivity index (χ1v) is 4.21. The summed E-state index contributed by atoms with van der Waals surface area (Å²) in [7, 11) is 0. The molecule has 0 heterocycles. The summed E-state index contributed by atoms with van der Waals surface area (Å²) in [5.74, 6) is 0. The molecule has 0 radical (unpaired) electrons. The van der Waals surface area contributed by atoms with E-state index in [0.29, 0.717) is 0 Å². The third-order valence-corrected chi connectivity index (χ3v) is 2.03. The van der Waals surface area contributed by atoms with Gasteiger partial charge in [-0.15, -0.1) is 5.57 Å². The van der Waals surface area contributed by atoms with E-state index < -0.39 is 0 Å². The van der Waals surface area contributed by atoms with Crippen LogP contribution in [0.15, 0.2) is 48.6 Å². The highest BCUT2D eigenvalue weighted by molar-refractivity contribution is 5.69. The van der Waals surface area contributed by atoms with Gasteiger partial charge in [-0.25, -0.2) is 0 Å². The summed E-state index contributed by atoms with van der Waals surface area (Å²) in [6, 6.07) is 10.5. The van der Waals surface area contributed by atoms with Crippen molar-refractivity contribution in [2.45, 2.75) is 6.42 Å². The molecule has 0 unspecified atom stereocenters. The Morgan fingerprint density at radius 3 is 2.58 bits per heavy atom. The van der Waals surface area contributed by atoms with Crippen molar-refractivity contribution in [2.24, 2.45) is 0 Å². The summed E-state index contributed by atoms with van der Waals surface area (Å²) in [5, 5.41) is 0. The first-order chi connectivity index (χ1) is 5.97. The molecule has 60 valence electrons. The molecule has 1 aliphatic carbocycles. The molecule has 0 amide bonds. The normalized spacial score (nSPS) is 15.2. The number of hydrogen-bond donors (Lipinski definition) is 0. The quantitative estimate of drug-likeness (QED) is 0.546. The summed E-state index contributed by atoms with van der Waals surface area (Å²) in [4.78, 5) is 0. The van der Waals surface area contributed by atoms with Crippen LogP contribution in [0.2, 0.25) is 0 Å². The summed E-state index contributed by atoms with van der Waals surface area (Å²) in [6.07, 6.45) is 9.59. The van der Waals surface area contributed by atoms with Crippen LogP contribution in [-0.2, 0) is 0 Å². The second-order valence-corrected chi connectivity index (χ2v) is 2.88. The Balaban J connectivity index is 2.26. The van der Waals surface area contributed by atoms with Crippen LogP contribution in [0.3, 0.4) is 0 Å². The zero-order valence-corrected chi connectivity index (χ0v) is 6.90. The second kappa shape index (κ2) is 3.31. The van der Waals surface area contributed by atoms with Gasteiger partial charge >= 0.3 is 0 Å². The molecule has 0 nitrogen and oxygen atoms in total. The number of rotatable bonds is 1. The van der Waals surface area contributed by atoms with Crippen molar-refractivity contribution in [2.75, 3.05) is 0 Å². The Morgan fingerprint density at radius 2 is 1.92 bits per heavy atom. The summed E-state index contributed by atoms with van der Waals surface area (Å²) in [5.41, 5.74) is 2.73. The van der Waals surface area contributed by atoms with Gasteiger partial charge in [-0.05, 0) is 0 Å². The summed E-state index contributed by atoms with van der Waals surface area (Å²) in [6.45, 7) is 0. The molecule has 0 fully saturated rings. The van der Waals surface area contributed by atoms with Gasteiger partial charge in [-0.3, -0.25) is 0 Å². The van der Waals surface area contributed by atoms with E-state index in [1.54, 1.807) is 0 Å². The molecule has 0 aliphatic heterocycles. The predicted octanol–water partition coefficient (Wildman–Crippen LogP) is 3.23. The van der Waals surface area contributed by atoms with Gasteiger partial charge in [0, 0.05) is 0 Å². The minimum atomic E-state index is 1.06. The third-order valence-electron chi connectivity index (χ3n) is 2.03. The summed E-state index contributed by atoms with van der Waals surface area (Å²) < 4.78 is 0. The number of allylic oxidation sites excluding steroid dienone is 4. The van der Waals surface area contributed by atoms with Gasteiger partial charge < -0.3 is 0 Å². The lowest BCUT2D eigenvalue weighted by Gasteiger charge is -2.15. The molecule has 0 bridgehead atoms. The van der Waals surface area contributed by atoms with Crippen LogP contribution in [0, 0.1) is 6.42 Å². The monoisotopic (exact) mass is 155 g/mol. The molecule has 2 rings (SSSR count). The Labute approximate surface area is 73.2 Å². The molecule has 1 aromatic carbocycles. The fraction of sp³-hybridized carbons (Fsp3) is 0.0833. The highest BCUT2D eigenvalue weighted by Crippen LogP contribution is 2.21. The summed E-state index contributed by atoms with van der Waals surface area (Å²) >= 11 is 0. The van der Waals surface area contributed by atoms with Crippen LogP contribution < -0.4 is 0 Å². The smallest absolute Gasteiger partial charge is 0.0623 e. The number of hydrogen-bond acceptors (Lipinski definition) is 0. The highest BCUT2D eigenvalue weighted by Gasteiger charge is 1.92. The zero-order valence-electron chi connectivity index (χ0n) is 6.90. The topological polar surface area (TPSA) is 0 Å². The van der Waals surface area contributed by atoms with E-state index in [-0.39, 0.29) is 0 Å². The molecule has 0 saturated carbocycles. The average molecular weight is 155 g/mol. The van der Waals surface area contributed by atoms with Crippen molar-refractivity contribution in [3.05, 3.63) is 60.5 Å². The van der Waals surface area contributed by atoms with Gasteiger partial charge in [-0.1, -0.05) is 42.3 Å². The molecule has 0 saturated heterocycles. The maximum Gasteiger partial charge on any atom is -0.0623 e. The fourth-order valence-corrected chi connectivity index (χ4v) is 1.38. The van der Waals surface area contributed by atoms with E-state index >= 15 is 0 Å². The van der Waals surface area contributed by atoms with Gasteiger partial charge in [0.05, 0.1) is 0 Å². The molecule has 0 N–H and O–H groups in total. The van der Waals surface area contributed by atoms with Crippen molar-refractivity contribution in [1.82, 2.24) is 0 Å². The van der Waals surface area contributed by atoms with Crippen LogP contribution in [0.1, 0.15) is 12.0 Å². The largest absolute Gasteiger partial charge is 0.186 e. The van der Waals surface area contributed by atoms with Gasteiger partial charge in [0.1, 0.15) is 0 Å². The predicted molar refractivity (Wildman–Crippen MR) is 52.5 cm³/mol. The molecular formula is C12H11-. The lowest BCUT2D eigenvalue weighted by Crippen LogP contribution is -1.86. The van der Waals surface area contributed by atoms with Crippen molar-refractivity contribution in [1.29, 1.82) is 0 Å². The van der Waals surface area contributed by atoms with E-state index in [9.17, 15) is 0 Å². The Morgan fingerprint density at radius 1 is 1.08 bits per heavy atom. The molecule has 0 spiro atoms. The van der Waals surface area contributed by atoms with Crippen molar-refractivity contribution in [3.63, 3.8) is 0 Å². The van der Waals surface area contributed by atoms with E-state index in [4.69, 9.17) is 0 Å². The third kappa shape index (κ3) is 1.42. The van der Waals surface area contributed by atoms with Gasteiger partial charge in [0.2, 0.25) is 0 Å². The Kier molecular flexibility index (Phi) is 2.00. The van der Waals surface area contributed by atoms with Crippen molar-refractivity contribution in [3.8, 4) is 0 Å². The minimum Gasteiger partial charge on any atom is -0.186 e. The zero-order chi connectivity index (χ0) is 8.23. The van der Waals surface area contributed by atoms with Gasteiger partial charge in [-0.2, -0.15) is 24.6 Å². The molecule has 1 aliphatic rings. The van der Waals surface area contributed by atoms with E-state index in [1.807, 2.05) is 6.07 Å². The van der Waals surface area contributed by atoms with Crippen LogP contribution in [0.5, 0.6) is 0 Å². The lowest BCUT2D eigenvalue weighted by atomic mass is 9.98. The van der Waals surface area contributed by atoms with Crippen molar-refractivity contribution < 1.29 is 0 Å². The van der Waals surface area contributed by atoms with Crippen LogP contribution in [0.25, 0.3) is 5.57 Å². The number of benzene rings is 1. The van der Waals surface area contributed by atoms with Crippen LogP contribution >= 0.6 is 0 Å². The molecule has 0 atom stereocenters. The van der Waals surface area contributed by atoms with Gasteiger partial charge in [0.25, 0.3) is 0 Å². The van der Waals surface area contributed by atoms with E-state index in [2.05, 4.69) is 48.9 Å². The first kappa shape index (κ1) is 7.23. The molecular weight excluding hydrogens is 144 g/mol. The molecule has 1 aromatic rings. The van der Waals surface area contributed by atoms with E-state index in [1.165, 1.54) is 11.1 Å². The fourth-order valence-electron chi connectivity index (χ4n) is 1.38. The SMILES string of the molecule is C1=CCC(c2ccccc2)=C[CH-]1. The molecule has 12 heavy (non-hydrogen) atoms. The first-order valence-electron chi connectivity index (χ1n) is 4.21. The van der Waals surface area contributed by atoms with Crippen LogP contribution in [-0.4, -0.2) is 0 Å². The molecule has 0 heteroatoms. The average Bonchev–Trinajstić information content (AvgIpc) is 2.21. The lowest BCUT2D eigenvalue weighted by molar-refractivity contribution is 1.35. The second-order valence-electron chi connectivity index (χ2n) is 2.88. The van der Waals surface area contributed by atoms with Crippen LogP contribution in [0.4, 0.5) is 0 Å². The Bertz CT molecular complexity index is 304. The highest BCUT2D eigenvalue weighted by atomic mass is 14.0. The minimum absolute atomic E-state index is 1.06. The van der Waals surface area contributed by atoms with Gasteiger partial charge in [0.15, 0.2) is 0 Å². The molecule has 0 aromatic heterocycles. The van der Waals surface area contributed by atoms with Crippen molar-refractivity contribution >= 4 is 5.57 Å². The Hall–Kier alpha value is -1.43. The van der Waals surface area contributed by atoms with E-state index in [0.717, 1.165) is 6.42 Å². The standard InChI is InChI=1S/C12H11/c1-3-7-11(8-4-1)12-9-5-2-6-10-12/h1-9H,10H2/q-1.